The highest BCUT2D eigenvalue weighted by Crippen LogP contribution is 2.12. The molecule has 1 aliphatic heterocycles. The lowest BCUT2D eigenvalue weighted by molar-refractivity contribution is 0.0971. The van der Waals surface area contributed by atoms with Gasteiger partial charge in [-0.05, 0) is 19.9 Å². The van der Waals surface area contributed by atoms with Gasteiger partial charge in [-0.1, -0.05) is 0 Å². The number of hydrogen-bond donors (Lipinski definition) is 1. The van der Waals surface area contributed by atoms with E-state index in [1.165, 1.54) is 0 Å². The number of anilines is 1. The lowest BCUT2D eigenvalue weighted by Gasteiger charge is -2.36. The van der Waals surface area contributed by atoms with Crippen molar-refractivity contribution in [3.05, 3.63) is 18.3 Å². The smallest absolute Gasteiger partial charge is 0.126 e. The van der Waals surface area contributed by atoms with Gasteiger partial charge in [-0.25, -0.2) is 4.98 Å². The Morgan fingerprint density at radius 2 is 2.05 bits per heavy atom. The average molecular weight is 264 g/mol. The molecule has 2 N–H and O–H groups in total. The summed E-state index contributed by atoms with van der Waals surface area (Å²) in [5, 5.41) is 0. The molecule has 2 rings (SSSR count). The maximum atomic E-state index is 5.69. The van der Waals surface area contributed by atoms with Crippen molar-refractivity contribution < 1.29 is 4.74 Å². The third-order valence-corrected chi connectivity index (χ3v) is 3.57. The second kappa shape index (κ2) is 6.73. The third kappa shape index (κ3) is 4.36. The molecule has 0 amide bonds. The molecule has 106 valence electrons. The number of rotatable bonds is 5. The Bertz CT molecular complexity index is 389. The van der Waals surface area contributed by atoms with Gasteiger partial charge in [0.15, 0.2) is 0 Å². The van der Waals surface area contributed by atoms with Crippen molar-refractivity contribution >= 4 is 5.82 Å². The van der Waals surface area contributed by atoms with Gasteiger partial charge < -0.3 is 10.5 Å². The molecule has 1 aliphatic rings. The summed E-state index contributed by atoms with van der Waals surface area (Å²) >= 11 is 0. The van der Waals surface area contributed by atoms with E-state index in [9.17, 15) is 0 Å². The van der Waals surface area contributed by atoms with E-state index < -0.39 is 0 Å². The molecule has 1 saturated heterocycles. The third-order valence-electron chi connectivity index (χ3n) is 3.57. The minimum atomic E-state index is 0.503. The van der Waals surface area contributed by atoms with E-state index >= 15 is 0 Å². The first-order valence-corrected chi connectivity index (χ1v) is 6.96. The highest BCUT2D eigenvalue weighted by molar-refractivity contribution is 5.35. The quantitative estimate of drug-likeness (QED) is 0.862. The Balaban J connectivity index is 1.67. The van der Waals surface area contributed by atoms with Gasteiger partial charge in [0.2, 0.25) is 0 Å². The highest BCUT2D eigenvalue weighted by Gasteiger charge is 2.18. The van der Waals surface area contributed by atoms with Crippen LogP contribution in [0.3, 0.4) is 0 Å². The first-order chi connectivity index (χ1) is 9.15. The fourth-order valence-corrected chi connectivity index (χ4v) is 2.31. The van der Waals surface area contributed by atoms with Crippen LogP contribution in [0, 0.1) is 0 Å². The minimum absolute atomic E-state index is 0.503. The molecule has 0 aliphatic carbocycles. The van der Waals surface area contributed by atoms with Crippen molar-refractivity contribution in [1.29, 1.82) is 0 Å². The van der Waals surface area contributed by atoms with Crippen LogP contribution in [0.4, 0.5) is 5.82 Å². The molecule has 0 aromatic carbocycles. The molecule has 0 spiro atoms. The fourth-order valence-electron chi connectivity index (χ4n) is 2.31. The Morgan fingerprint density at radius 1 is 1.32 bits per heavy atom. The lowest BCUT2D eigenvalue weighted by atomic mass is 10.2. The first kappa shape index (κ1) is 14.1. The number of nitrogens with zero attached hydrogens (tertiary/aromatic N) is 3. The van der Waals surface area contributed by atoms with Gasteiger partial charge in [-0.15, -0.1) is 0 Å². The summed E-state index contributed by atoms with van der Waals surface area (Å²) in [7, 11) is 0. The van der Waals surface area contributed by atoms with Crippen molar-refractivity contribution in [2.24, 2.45) is 0 Å². The van der Waals surface area contributed by atoms with Gasteiger partial charge in [0.1, 0.15) is 18.2 Å². The predicted octanol–water partition coefficient (Wildman–Crippen LogP) is 1.07. The molecule has 19 heavy (non-hydrogen) atoms. The molecule has 5 nitrogen and oxygen atoms in total. The van der Waals surface area contributed by atoms with E-state index in [2.05, 4.69) is 28.6 Å². The number of nitrogen functional groups attached to an aromatic ring is 1. The second-order valence-corrected chi connectivity index (χ2v) is 5.24. The Labute approximate surface area is 115 Å². The summed E-state index contributed by atoms with van der Waals surface area (Å²) in [6.45, 7) is 10.7. The molecular formula is C14H24N4O. The van der Waals surface area contributed by atoms with Crippen molar-refractivity contribution in [2.45, 2.75) is 19.9 Å². The van der Waals surface area contributed by atoms with Gasteiger partial charge in [0.25, 0.3) is 0 Å². The zero-order valence-corrected chi connectivity index (χ0v) is 11.9. The normalized spacial score (nSPS) is 17.8. The SMILES string of the molecule is CC(C)N1CCN(CCOc2ccnc(N)c2)CC1. The molecule has 0 saturated carbocycles. The number of nitrogens with two attached hydrogens (primary N) is 1. The van der Waals surface area contributed by atoms with Crippen molar-refractivity contribution in [3.63, 3.8) is 0 Å². The summed E-state index contributed by atoms with van der Waals surface area (Å²) in [4.78, 5) is 8.91. The van der Waals surface area contributed by atoms with Gasteiger partial charge in [-0.2, -0.15) is 0 Å². The number of piperazine rings is 1. The maximum absolute atomic E-state index is 5.69. The van der Waals surface area contributed by atoms with Crippen LogP contribution < -0.4 is 10.5 Å². The lowest BCUT2D eigenvalue weighted by Crippen LogP contribution is -2.49. The molecular weight excluding hydrogens is 240 g/mol. The van der Waals surface area contributed by atoms with Crippen molar-refractivity contribution in [2.75, 3.05) is 45.1 Å². The molecule has 5 heteroatoms. The monoisotopic (exact) mass is 264 g/mol. The van der Waals surface area contributed by atoms with Gasteiger partial charge in [-0.3, -0.25) is 9.80 Å². The van der Waals surface area contributed by atoms with Crippen LogP contribution in [0.1, 0.15) is 13.8 Å². The van der Waals surface area contributed by atoms with Crippen LogP contribution in [0.15, 0.2) is 18.3 Å². The van der Waals surface area contributed by atoms with E-state index in [-0.39, 0.29) is 0 Å². The van der Waals surface area contributed by atoms with Crippen LogP contribution in [0.5, 0.6) is 5.75 Å². The summed E-state index contributed by atoms with van der Waals surface area (Å²) in [6, 6.07) is 4.25. The largest absolute Gasteiger partial charge is 0.492 e. The molecule has 2 heterocycles. The molecule has 0 bridgehead atoms. The Hall–Kier alpha value is -1.33. The molecule has 1 aromatic rings. The van der Waals surface area contributed by atoms with Crippen LogP contribution in [0.2, 0.25) is 0 Å². The molecule has 0 atom stereocenters. The van der Waals surface area contributed by atoms with E-state index in [1.54, 1.807) is 12.3 Å². The average Bonchev–Trinajstić information content (AvgIpc) is 2.39. The van der Waals surface area contributed by atoms with Gasteiger partial charge >= 0.3 is 0 Å². The zero-order chi connectivity index (χ0) is 13.7. The fraction of sp³-hybridized carbons (Fsp3) is 0.643. The molecule has 1 fully saturated rings. The predicted molar refractivity (Wildman–Crippen MR) is 77.3 cm³/mol. The number of aromatic nitrogens is 1. The van der Waals surface area contributed by atoms with E-state index in [0.29, 0.717) is 18.5 Å². The van der Waals surface area contributed by atoms with Gasteiger partial charge in [0, 0.05) is 51.0 Å². The zero-order valence-electron chi connectivity index (χ0n) is 11.9. The van der Waals surface area contributed by atoms with E-state index in [0.717, 1.165) is 38.5 Å². The summed E-state index contributed by atoms with van der Waals surface area (Å²) in [5.74, 6) is 1.30. The van der Waals surface area contributed by atoms with Crippen molar-refractivity contribution in [1.82, 2.24) is 14.8 Å². The first-order valence-electron chi connectivity index (χ1n) is 6.96. The minimum Gasteiger partial charge on any atom is -0.492 e. The number of ether oxygens (including phenoxy) is 1. The topological polar surface area (TPSA) is 54.6 Å². The van der Waals surface area contributed by atoms with E-state index in [1.807, 2.05) is 6.07 Å². The summed E-state index contributed by atoms with van der Waals surface area (Å²) in [6.07, 6.45) is 1.67. The second-order valence-electron chi connectivity index (χ2n) is 5.24. The van der Waals surface area contributed by atoms with E-state index in [4.69, 9.17) is 10.5 Å². The Kier molecular flexibility index (Phi) is 4.99. The molecule has 0 unspecified atom stereocenters. The van der Waals surface area contributed by atoms with Crippen LogP contribution in [-0.2, 0) is 0 Å². The summed E-state index contributed by atoms with van der Waals surface area (Å²) < 4.78 is 5.69. The van der Waals surface area contributed by atoms with Crippen LogP contribution >= 0.6 is 0 Å². The summed E-state index contributed by atoms with van der Waals surface area (Å²) in [5.41, 5.74) is 5.61. The maximum Gasteiger partial charge on any atom is 0.126 e. The van der Waals surface area contributed by atoms with Gasteiger partial charge in [0.05, 0.1) is 0 Å². The number of pyridine rings is 1. The molecule has 1 aromatic heterocycles. The van der Waals surface area contributed by atoms with Crippen LogP contribution in [0.25, 0.3) is 0 Å². The van der Waals surface area contributed by atoms with Crippen LogP contribution in [-0.4, -0.2) is 60.2 Å². The number of hydrogen-bond acceptors (Lipinski definition) is 5. The Morgan fingerprint density at radius 3 is 2.68 bits per heavy atom. The standard InChI is InChI=1S/C14H24N4O/c1-12(2)18-7-5-17(6-8-18)9-10-19-13-3-4-16-14(15)11-13/h3-4,11-12H,5-10H2,1-2H3,(H2,15,16). The highest BCUT2D eigenvalue weighted by atomic mass is 16.5. The van der Waals surface area contributed by atoms with Crippen molar-refractivity contribution in [3.8, 4) is 5.75 Å². The molecule has 0 radical (unpaired) electrons.